The van der Waals surface area contributed by atoms with Gasteiger partial charge in [-0.15, -0.1) is 0 Å². The van der Waals surface area contributed by atoms with Crippen molar-refractivity contribution in [2.75, 3.05) is 0 Å². The van der Waals surface area contributed by atoms with Crippen LogP contribution in [0.1, 0.15) is 25.3 Å². The second-order valence-electron chi connectivity index (χ2n) is 4.90. The first kappa shape index (κ1) is 14.9. The highest BCUT2D eigenvalue weighted by atomic mass is 19.1. The van der Waals surface area contributed by atoms with Crippen molar-refractivity contribution in [2.45, 2.75) is 19.8 Å². The van der Waals surface area contributed by atoms with E-state index in [0.717, 1.165) is 0 Å². The standard InChI is InChI=1S/C15H14FNO4/c1-7-11(14(18)19)13(9-3-5-10(16)6-4-9)12(15(20)21)8(2)17-7/h3-6,11,13H,1-2H3,(H,18,19)(H,20,21). The summed E-state index contributed by atoms with van der Waals surface area (Å²) in [4.78, 5) is 27.1. The third-order valence-electron chi connectivity index (χ3n) is 3.55. The Labute approximate surface area is 120 Å². The number of benzene rings is 1. The largest absolute Gasteiger partial charge is 0.481 e. The molecule has 0 fully saturated rings. The fourth-order valence-electron chi connectivity index (χ4n) is 2.67. The maximum absolute atomic E-state index is 13.1. The molecule has 1 aliphatic heterocycles. The first-order valence-electron chi connectivity index (χ1n) is 6.30. The quantitative estimate of drug-likeness (QED) is 0.895. The molecular formula is C15H14FNO4. The van der Waals surface area contributed by atoms with E-state index in [-0.39, 0.29) is 11.3 Å². The van der Waals surface area contributed by atoms with E-state index in [1.807, 2.05) is 0 Å². The molecule has 1 heterocycles. The molecule has 0 saturated carbocycles. The topological polar surface area (TPSA) is 87.0 Å². The van der Waals surface area contributed by atoms with Gasteiger partial charge in [0.1, 0.15) is 11.7 Å². The summed E-state index contributed by atoms with van der Waals surface area (Å²) in [6.07, 6.45) is 0. The number of aliphatic carboxylic acids is 2. The van der Waals surface area contributed by atoms with Gasteiger partial charge in [0.05, 0.1) is 5.57 Å². The Morgan fingerprint density at radius 3 is 2.19 bits per heavy atom. The highest BCUT2D eigenvalue weighted by molar-refractivity contribution is 6.06. The van der Waals surface area contributed by atoms with E-state index in [9.17, 15) is 24.2 Å². The molecule has 6 heteroatoms. The molecule has 0 radical (unpaired) electrons. The molecule has 110 valence electrons. The van der Waals surface area contributed by atoms with Gasteiger partial charge in [0, 0.05) is 17.3 Å². The van der Waals surface area contributed by atoms with Crippen molar-refractivity contribution in [3.05, 3.63) is 46.9 Å². The minimum atomic E-state index is -1.22. The summed E-state index contributed by atoms with van der Waals surface area (Å²) in [6, 6.07) is 5.18. The Morgan fingerprint density at radius 1 is 1.14 bits per heavy atom. The number of hydrogen-bond donors (Lipinski definition) is 2. The lowest BCUT2D eigenvalue weighted by Gasteiger charge is -2.29. The van der Waals surface area contributed by atoms with Gasteiger partial charge in [-0.1, -0.05) is 12.1 Å². The van der Waals surface area contributed by atoms with Crippen LogP contribution in [-0.4, -0.2) is 27.9 Å². The Bertz CT molecular complexity index is 661. The molecule has 0 bridgehead atoms. The van der Waals surface area contributed by atoms with Gasteiger partial charge in [0.15, 0.2) is 0 Å². The van der Waals surface area contributed by atoms with Crippen molar-refractivity contribution < 1.29 is 24.2 Å². The number of hydrogen-bond acceptors (Lipinski definition) is 3. The molecule has 2 rings (SSSR count). The lowest BCUT2D eigenvalue weighted by atomic mass is 9.76. The van der Waals surface area contributed by atoms with E-state index in [1.54, 1.807) is 6.92 Å². The van der Waals surface area contributed by atoms with Crippen LogP contribution >= 0.6 is 0 Å². The molecule has 0 aromatic heterocycles. The monoisotopic (exact) mass is 291 g/mol. The normalized spacial score (nSPS) is 22.0. The minimum Gasteiger partial charge on any atom is -0.481 e. The zero-order valence-corrected chi connectivity index (χ0v) is 11.5. The van der Waals surface area contributed by atoms with Crippen LogP contribution in [-0.2, 0) is 9.59 Å². The van der Waals surface area contributed by atoms with Crippen molar-refractivity contribution in [3.63, 3.8) is 0 Å². The lowest BCUT2D eigenvalue weighted by Crippen LogP contribution is -2.34. The van der Waals surface area contributed by atoms with Gasteiger partial charge in [0.25, 0.3) is 0 Å². The zero-order valence-electron chi connectivity index (χ0n) is 11.5. The van der Waals surface area contributed by atoms with Crippen LogP contribution in [0.5, 0.6) is 0 Å². The molecule has 0 amide bonds. The Morgan fingerprint density at radius 2 is 1.71 bits per heavy atom. The molecule has 0 saturated heterocycles. The van der Waals surface area contributed by atoms with E-state index < -0.39 is 29.6 Å². The molecule has 0 spiro atoms. The van der Waals surface area contributed by atoms with Crippen LogP contribution in [0, 0.1) is 11.7 Å². The molecule has 21 heavy (non-hydrogen) atoms. The summed E-state index contributed by atoms with van der Waals surface area (Å²) >= 11 is 0. The predicted octanol–water partition coefficient (Wildman–Crippen LogP) is 2.44. The lowest BCUT2D eigenvalue weighted by molar-refractivity contribution is -0.140. The smallest absolute Gasteiger partial charge is 0.334 e. The predicted molar refractivity (Wildman–Crippen MR) is 73.7 cm³/mol. The average molecular weight is 291 g/mol. The summed E-state index contributed by atoms with van der Waals surface area (Å²) < 4.78 is 13.1. The van der Waals surface area contributed by atoms with E-state index >= 15 is 0 Å². The number of carboxylic acid groups (broad SMARTS) is 2. The zero-order chi connectivity index (χ0) is 15.7. The van der Waals surface area contributed by atoms with Crippen LogP contribution in [0.25, 0.3) is 0 Å². The Hall–Kier alpha value is -2.50. The van der Waals surface area contributed by atoms with Crippen molar-refractivity contribution in [1.29, 1.82) is 0 Å². The molecule has 1 aromatic carbocycles. The third-order valence-corrected chi connectivity index (χ3v) is 3.55. The molecule has 1 aromatic rings. The summed E-state index contributed by atoms with van der Waals surface area (Å²) in [5.41, 5.74) is 0.973. The Kier molecular flexibility index (Phi) is 3.88. The molecule has 0 aliphatic carbocycles. The highest BCUT2D eigenvalue weighted by Gasteiger charge is 2.40. The van der Waals surface area contributed by atoms with E-state index in [0.29, 0.717) is 11.3 Å². The fraction of sp³-hybridized carbons (Fsp3) is 0.267. The number of aliphatic imine (C=N–C) groups is 1. The van der Waals surface area contributed by atoms with Crippen molar-refractivity contribution >= 4 is 17.7 Å². The van der Waals surface area contributed by atoms with Gasteiger partial charge in [-0.3, -0.25) is 9.79 Å². The molecule has 2 unspecified atom stereocenters. The number of halogens is 1. The summed E-state index contributed by atoms with van der Waals surface area (Å²) in [5, 5.41) is 18.8. The number of carbonyl (C=O) groups is 2. The van der Waals surface area contributed by atoms with Gasteiger partial charge >= 0.3 is 11.9 Å². The van der Waals surface area contributed by atoms with Gasteiger partial charge < -0.3 is 10.2 Å². The van der Waals surface area contributed by atoms with Gasteiger partial charge in [-0.2, -0.15) is 0 Å². The SMILES string of the molecule is CC1=NC(C)=C(C(=O)O)C(c2ccc(F)cc2)C1C(=O)O. The first-order valence-corrected chi connectivity index (χ1v) is 6.30. The number of carboxylic acids is 2. The van der Waals surface area contributed by atoms with Crippen molar-refractivity contribution in [1.82, 2.24) is 0 Å². The van der Waals surface area contributed by atoms with Crippen LogP contribution in [0.3, 0.4) is 0 Å². The summed E-state index contributed by atoms with van der Waals surface area (Å²) in [5.74, 6) is -4.81. The van der Waals surface area contributed by atoms with Crippen LogP contribution < -0.4 is 0 Å². The maximum atomic E-state index is 13.1. The second-order valence-corrected chi connectivity index (χ2v) is 4.90. The maximum Gasteiger partial charge on any atom is 0.334 e. The van der Waals surface area contributed by atoms with Gasteiger partial charge in [-0.25, -0.2) is 9.18 Å². The van der Waals surface area contributed by atoms with Crippen molar-refractivity contribution in [2.24, 2.45) is 10.9 Å². The van der Waals surface area contributed by atoms with Crippen LogP contribution in [0.4, 0.5) is 4.39 Å². The first-order chi connectivity index (χ1) is 9.82. The Balaban J connectivity index is 2.65. The number of rotatable bonds is 3. The summed E-state index contributed by atoms with van der Waals surface area (Å²) in [7, 11) is 0. The highest BCUT2D eigenvalue weighted by Crippen LogP contribution is 2.39. The van der Waals surface area contributed by atoms with Gasteiger partial charge in [-0.05, 0) is 31.5 Å². The molecular weight excluding hydrogens is 277 g/mol. The molecule has 1 aliphatic rings. The number of nitrogens with zero attached hydrogens (tertiary/aromatic N) is 1. The van der Waals surface area contributed by atoms with E-state index in [2.05, 4.69) is 4.99 Å². The molecule has 2 atom stereocenters. The van der Waals surface area contributed by atoms with E-state index in [1.165, 1.54) is 31.2 Å². The van der Waals surface area contributed by atoms with Crippen molar-refractivity contribution in [3.8, 4) is 0 Å². The second kappa shape index (κ2) is 5.47. The molecule has 5 nitrogen and oxygen atoms in total. The average Bonchev–Trinajstić information content (AvgIpc) is 2.37. The van der Waals surface area contributed by atoms with Gasteiger partial charge in [0.2, 0.25) is 0 Å². The van der Waals surface area contributed by atoms with Crippen LogP contribution in [0.15, 0.2) is 40.5 Å². The fourth-order valence-corrected chi connectivity index (χ4v) is 2.67. The summed E-state index contributed by atoms with van der Waals surface area (Å²) in [6.45, 7) is 3.08. The van der Waals surface area contributed by atoms with E-state index in [4.69, 9.17) is 0 Å². The van der Waals surface area contributed by atoms with Crippen LogP contribution in [0.2, 0.25) is 0 Å². The number of allylic oxidation sites excluding steroid dienone is 1. The molecule has 2 N–H and O–H groups in total. The third kappa shape index (κ3) is 2.69. The minimum absolute atomic E-state index is 0.0698.